The molecular weight excluding hydrogens is 359 g/mol. The van der Waals surface area contributed by atoms with Gasteiger partial charge in [0.15, 0.2) is 11.6 Å². The molecule has 0 spiro atoms. The lowest BCUT2D eigenvalue weighted by Gasteiger charge is -2.14. The number of alkyl halides is 2. The summed E-state index contributed by atoms with van der Waals surface area (Å²) in [4.78, 5) is 20.3. The second-order valence-electron chi connectivity index (χ2n) is 5.72. The molecule has 0 atom stereocenters. The van der Waals surface area contributed by atoms with Gasteiger partial charge in [-0.15, -0.1) is 0 Å². The van der Waals surface area contributed by atoms with Crippen molar-refractivity contribution in [3.8, 4) is 16.9 Å². The van der Waals surface area contributed by atoms with Crippen LogP contribution in [0, 0.1) is 5.82 Å². The van der Waals surface area contributed by atoms with Crippen LogP contribution < -0.4 is 10.1 Å². The van der Waals surface area contributed by atoms with Gasteiger partial charge in [0.1, 0.15) is 6.33 Å². The highest BCUT2D eigenvalue weighted by atomic mass is 19.3. The Bertz CT molecular complexity index is 960. The predicted molar refractivity (Wildman–Crippen MR) is 93.1 cm³/mol. The Morgan fingerprint density at radius 2 is 1.81 bits per heavy atom. The van der Waals surface area contributed by atoms with Gasteiger partial charge in [0, 0.05) is 42.2 Å². The van der Waals surface area contributed by atoms with Gasteiger partial charge in [-0.05, 0) is 29.8 Å². The van der Waals surface area contributed by atoms with E-state index in [1.54, 1.807) is 36.7 Å². The van der Waals surface area contributed by atoms with Crippen molar-refractivity contribution in [1.82, 2.24) is 9.97 Å². The number of amides is 1. The van der Waals surface area contributed by atoms with E-state index in [9.17, 15) is 18.0 Å². The molecule has 1 heterocycles. The third-order valence-electron chi connectivity index (χ3n) is 3.50. The molecule has 0 aliphatic rings. The summed E-state index contributed by atoms with van der Waals surface area (Å²) in [6.45, 7) is 0.507. The molecule has 1 aromatic heterocycles. The molecule has 1 N–H and O–H groups in total. The highest BCUT2D eigenvalue weighted by molar-refractivity contribution is 6.05. The van der Waals surface area contributed by atoms with Gasteiger partial charge in [-0.3, -0.25) is 4.79 Å². The number of carbonyl (C=O) groups is 1. The predicted octanol–water partition coefficient (Wildman–Crippen LogP) is 4.53. The van der Waals surface area contributed by atoms with Gasteiger partial charge < -0.3 is 10.1 Å². The first-order valence-electron chi connectivity index (χ1n) is 7.85. The molecule has 0 bridgehead atoms. The zero-order valence-electron chi connectivity index (χ0n) is 14.1. The monoisotopic (exact) mass is 373 g/mol. The summed E-state index contributed by atoms with van der Waals surface area (Å²) in [6, 6.07) is 9.93. The lowest BCUT2D eigenvalue weighted by molar-refractivity contribution is -0.160. The largest absolute Gasteiger partial charge is 0.430 e. The van der Waals surface area contributed by atoms with E-state index in [1.807, 2.05) is 0 Å². The number of carbonyl (C=O) groups excluding carboxylic acids is 1. The third kappa shape index (κ3) is 4.81. The Balaban J connectivity index is 1.77. The Kier molecular flexibility index (Phi) is 5.07. The first-order chi connectivity index (χ1) is 12.8. The van der Waals surface area contributed by atoms with Crippen LogP contribution in [0.5, 0.6) is 5.75 Å². The summed E-state index contributed by atoms with van der Waals surface area (Å²) >= 11 is 0. The molecule has 5 nitrogen and oxygen atoms in total. The van der Waals surface area contributed by atoms with Crippen molar-refractivity contribution < 1.29 is 22.7 Å². The molecule has 0 radical (unpaired) electrons. The number of benzene rings is 2. The van der Waals surface area contributed by atoms with Crippen molar-refractivity contribution in [2.75, 3.05) is 5.32 Å². The van der Waals surface area contributed by atoms with Crippen molar-refractivity contribution in [2.24, 2.45) is 0 Å². The molecule has 8 heteroatoms. The van der Waals surface area contributed by atoms with Crippen LogP contribution in [-0.2, 0) is 0 Å². The molecule has 3 rings (SSSR count). The van der Waals surface area contributed by atoms with Crippen molar-refractivity contribution >= 4 is 11.6 Å². The zero-order chi connectivity index (χ0) is 19.4. The maximum absolute atomic E-state index is 13.9. The van der Waals surface area contributed by atoms with Crippen LogP contribution in [0.4, 0.5) is 18.9 Å². The molecule has 0 unspecified atom stereocenters. The molecule has 138 valence electrons. The van der Waals surface area contributed by atoms with Gasteiger partial charge in [0.25, 0.3) is 5.91 Å². The fourth-order valence-corrected chi connectivity index (χ4v) is 2.35. The zero-order valence-corrected chi connectivity index (χ0v) is 14.1. The number of halogens is 3. The van der Waals surface area contributed by atoms with E-state index in [1.165, 1.54) is 12.4 Å². The Morgan fingerprint density at radius 1 is 1.07 bits per heavy atom. The van der Waals surface area contributed by atoms with Gasteiger partial charge in [0.05, 0.1) is 0 Å². The van der Waals surface area contributed by atoms with E-state index in [0.717, 1.165) is 23.3 Å². The standard InChI is InChI=1S/C19H14F3N3O2/c1-19(21,22)27-17-6-5-15(8-16(17)20)25-18(26)13-4-2-3-12(7-13)14-9-23-11-24-10-14/h2-11H,1H3,(H,25,26). The Morgan fingerprint density at radius 3 is 2.48 bits per heavy atom. The summed E-state index contributed by atoms with van der Waals surface area (Å²) in [5.74, 6) is -2.10. The summed E-state index contributed by atoms with van der Waals surface area (Å²) in [5, 5.41) is 2.51. The number of hydrogen-bond donors (Lipinski definition) is 1. The van der Waals surface area contributed by atoms with Gasteiger partial charge in [-0.1, -0.05) is 12.1 Å². The molecule has 0 saturated heterocycles. The molecule has 0 saturated carbocycles. The van der Waals surface area contributed by atoms with Crippen LogP contribution in [0.25, 0.3) is 11.1 Å². The van der Waals surface area contributed by atoms with Crippen LogP contribution in [0.15, 0.2) is 61.2 Å². The summed E-state index contributed by atoms with van der Waals surface area (Å²) in [5.41, 5.74) is 1.92. The number of nitrogens with zero attached hydrogens (tertiary/aromatic N) is 2. The van der Waals surface area contributed by atoms with E-state index in [2.05, 4.69) is 20.0 Å². The molecule has 0 aliphatic heterocycles. The highest BCUT2D eigenvalue weighted by Crippen LogP contribution is 2.27. The maximum atomic E-state index is 13.9. The third-order valence-corrected chi connectivity index (χ3v) is 3.50. The minimum Gasteiger partial charge on any atom is -0.430 e. The van der Waals surface area contributed by atoms with Gasteiger partial charge in [-0.25, -0.2) is 14.4 Å². The van der Waals surface area contributed by atoms with Crippen LogP contribution in [0.1, 0.15) is 17.3 Å². The van der Waals surface area contributed by atoms with E-state index < -0.39 is 23.6 Å². The van der Waals surface area contributed by atoms with Crippen molar-refractivity contribution in [1.29, 1.82) is 0 Å². The number of nitrogens with one attached hydrogen (secondary N) is 1. The minimum atomic E-state index is -3.51. The quantitative estimate of drug-likeness (QED) is 0.714. The van der Waals surface area contributed by atoms with E-state index >= 15 is 0 Å². The van der Waals surface area contributed by atoms with Gasteiger partial charge >= 0.3 is 6.11 Å². The molecule has 0 aliphatic carbocycles. The summed E-state index contributed by atoms with van der Waals surface area (Å²) in [6.07, 6.45) is 1.12. The van der Waals surface area contributed by atoms with E-state index in [4.69, 9.17) is 0 Å². The number of anilines is 1. The average molecular weight is 373 g/mol. The number of aromatic nitrogens is 2. The fourth-order valence-electron chi connectivity index (χ4n) is 2.35. The second-order valence-corrected chi connectivity index (χ2v) is 5.72. The molecule has 2 aromatic carbocycles. The SMILES string of the molecule is CC(F)(F)Oc1ccc(NC(=O)c2cccc(-c3cncnc3)c2)cc1F. The van der Waals surface area contributed by atoms with Crippen LogP contribution in [-0.4, -0.2) is 22.0 Å². The Hall–Kier alpha value is -3.42. The first kappa shape index (κ1) is 18.4. The van der Waals surface area contributed by atoms with Crippen molar-refractivity contribution in [3.63, 3.8) is 0 Å². The first-order valence-corrected chi connectivity index (χ1v) is 7.85. The maximum Gasteiger partial charge on any atom is 0.395 e. The van der Waals surface area contributed by atoms with Crippen LogP contribution in [0.2, 0.25) is 0 Å². The van der Waals surface area contributed by atoms with Crippen LogP contribution in [0.3, 0.4) is 0 Å². The van der Waals surface area contributed by atoms with Crippen LogP contribution >= 0.6 is 0 Å². The molecule has 0 fully saturated rings. The molecule has 27 heavy (non-hydrogen) atoms. The summed E-state index contributed by atoms with van der Waals surface area (Å²) < 4.78 is 43.8. The average Bonchev–Trinajstić information content (AvgIpc) is 2.64. The van der Waals surface area contributed by atoms with Gasteiger partial charge in [-0.2, -0.15) is 8.78 Å². The number of hydrogen-bond acceptors (Lipinski definition) is 4. The van der Waals surface area contributed by atoms with Crippen molar-refractivity contribution in [3.05, 3.63) is 72.6 Å². The normalized spacial score (nSPS) is 11.1. The second kappa shape index (κ2) is 7.45. The van der Waals surface area contributed by atoms with E-state index in [0.29, 0.717) is 12.5 Å². The van der Waals surface area contributed by atoms with E-state index in [-0.39, 0.29) is 5.69 Å². The molecule has 3 aromatic rings. The molecular formula is C19H14F3N3O2. The highest BCUT2D eigenvalue weighted by Gasteiger charge is 2.25. The lowest BCUT2D eigenvalue weighted by Crippen LogP contribution is -2.20. The minimum absolute atomic E-state index is 0.109. The number of rotatable bonds is 5. The molecule has 1 amide bonds. The smallest absolute Gasteiger partial charge is 0.395 e. The number of ether oxygens (including phenoxy) is 1. The van der Waals surface area contributed by atoms with Gasteiger partial charge in [0.2, 0.25) is 0 Å². The topological polar surface area (TPSA) is 64.1 Å². The fraction of sp³-hybridized carbons (Fsp3) is 0.105. The lowest BCUT2D eigenvalue weighted by atomic mass is 10.1. The van der Waals surface area contributed by atoms with Crippen molar-refractivity contribution in [2.45, 2.75) is 13.0 Å². The summed E-state index contributed by atoms with van der Waals surface area (Å²) in [7, 11) is 0. The Labute approximate surface area is 152 Å².